The summed E-state index contributed by atoms with van der Waals surface area (Å²) >= 11 is 0. The number of hydrogen-bond donors (Lipinski definition) is 0. The lowest BCUT2D eigenvalue weighted by molar-refractivity contribution is -0.377. The van der Waals surface area contributed by atoms with Crippen LogP contribution in [0.2, 0.25) is 0 Å². The average Bonchev–Trinajstić information content (AvgIpc) is 3.10. The first-order valence-corrected chi connectivity index (χ1v) is 17.1. The summed E-state index contributed by atoms with van der Waals surface area (Å²) in [5.41, 5.74) is 1.63. The number of esters is 2. The molecule has 2 saturated heterocycles. The van der Waals surface area contributed by atoms with Crippen LogP contribution in [-0.2, 0) is 34.8 Å². The fourth-order valence-electron chi connectivity index (χ4n) is 9.00. The molecule has 6 fully saturated rings. The summed E-state index contributed by atoms with van der Waals surface area (Å²) in [6, 6.07) is 27.0. The lowest BCUT2D eigenvalue weighted by atomic mass is 9.54. The molecule has 6 atom stereocenters. The summed E-state index contributed by atoms with van der Waals surface area (Å²) < 4.78 is 38.9. The second-order valence-electron chi connectivity index (χ2n) is 14.1. The molecule has 248 valence electrons. The van der Waals surface area contributed by atoms with Crippen molar-refractivity contribution in [3.8, 4) is 6.07 Å². The molecule has 0 spiro atoms. The summed E-state index contributed by atoms with van der Waals surface area (Å²) in [6.07, 6.45) is 1.37. The Bertz CT molecular complexity index is 1640. The van der Waals surface area contributed by atoms with Crippen LogP contribution in [0.3, 0.4) is 0 Å². The second-order valence-corrected chi connectivity index (χ2v) is 14.1. The maximum absolute atomic E-state index is 13.7. The predicted octanol–water partition coefficient (Wildman–Crippen LogP) is 6.00. The molecule has 9 rings (SSSR count). The molecule has 3 aromatic rings. The zero-order valence-corrected chi connectivity index (χ0v) is 26.6. The van der Waals surface area contributed by atoms with Gasteiger partial charge in [0.2, 0.25) is 0 Å². The van der Waals surface area contributed by atoms with Crippen LogP contribution < -0.4 is 0 Å². The normalized spacial score (nSPS) is 34.9. The molecule has 9 heteroatoms. The summed E-state index contributed by atoms with van der Waals surface area (Å²) in [5, 5.41) is 9.67. The summed E-state index contributed by atoms with van der Waals surface area (Å²) in [5.74, 6) is 0.695. The molecular formula is C39H39NO8. The number of benzene rings is 3. The minimum absolute atomic E-state index is 0.142. The van der Waals surface area contributed by atoms with E-state index in [9.17, 15) is 14.9 Å². The highest BCUT2D eigenvalue weighted by Crippen LogP contribution is 2.58. The molecule has 4 saturated carbocycles. The highest BCUT2D eigenvalue weighted by molar-refractivity contribution is 5.90. The third-order valence-corrected chi connectivity index (χ3v) is 10.7. The SMILES string of the molecule is N#Cc1ccccc1C[C@H]1OC[C@H]2O[C@@H](OC34CC5CC(CC(C5)C3)C4)[C@H](OC(=O)c3ccccc3)[C@@H](OC(=O)c3ccccc3)[C@H]2O1. The molecule has 3 aromatic carbocycles. The van der Waals surface area contributed by atoms with Crippen LogP contribution in [-0.4, -0.2) is 61.1 Å². The zero-order chi connectivity index (χ0) is 32.7. The van der Waals surface area contributed by atoms with Crippen LogP contribution in [0.1, 0.15) is 70.4 Å². The van der Waals surface area contributed by atoms with Gasteiger partial charge >= 0.3 is 11.9 Å². The van der Waals surface area contributed by atoms with Crippen LogP contribution in [0.15, 0.2) is 84.9 Å². The van der Waals surface area contributed by atoms with Crippen molar-refractivity contribution in [3.63, 3.8) is 0 Å². The van der Waals surface area contributed by atoms with Crippen molar-refractivity contribution < 1.29 is 38.0 Å². The molecule has 2 heterocycles. The molecular weight excluding hydrogens is 610 g/mol. The van der Waals surface area contributed by atoms with E-state index < -0.39 is 54.5 Å². The van der Waals surface area contributed by atoms with E-state index in [0.29, 0.717) is 40.9 Å². The van der Waals surface area contributed by atoms with Gasteiger partial charge in [0.05, 0.1) is 35.0 Å². The first-order valence-electron chi connectivity index (χ1n) is 17.1. The van der Waals surface area contributed by atoms with Crippen LogP contribution in [0.25, 0.3) is 0 Å². The molecule has 0 amide bonds. The van der Waals surface area contributed by atoms with Crippen molar-refractivity contribution >= 4 is 11.9 Å². The minimum atomic E-state index is -1.12. The van der Waals surface area contributed by atoms with Gasteiger partial charge in [-0.3, -0.25) is 0 Å². The maximum atomic E-state index is 13.7. The maximum Gasteiger partial charge on any atom is 0.338 e. The van der Waals surface area contributed by atoms with Gasteiger partial charge in [0.15, 0.2) is 24.8 Å². The van der Waals surface area contributed by atoms with Crippen molar-refractivity contribution in [2.24, 2.45) is 17.8 Å². The number of ether oxygens (including phenoxy) is 6. The Morgan fingerprint density at radius 1 is 0.750 bits per heavy atom. The molecule has 0 radical (unpaired) electrons. The Morgan fingerprint density at radius 3 is 1.92 bits per heavy atom. The van der Waals surface area contributed by atoms with Crippen molar-refractivity contribution in [1.82, 2.24) is 0 Å². The first-order chi connectivity index (χ1) is 23.4. The molecule has 48 heavy (non-hydrogen) atoms. The highest BCUT2D eigenvalue weighted by atomic mass is 16.8. The van der Waals surface area contributed by atoms with Gasteiger partial charge in [-0.2, -0.15) is 5.26 Å². The van der Waals surface area contributed by atoms with Gasteiger partial charge in [0.1, 0.15) is 12.2 Å². The number of hydrogen-bond acceptors (Lipinski definition) is 9. The Balaban J connectivity index is 1.13. The Labute approximate surface area is 280 Å². The molecule has 0 unspecified atom stereocenters. The predicted molar refractivity (Wildman–Crippen MR) is 171 cm³/mol. The number of fused-ring (bicyclic) bond motifs is 1. The smallest absolute Gasteiger partial charge is 0.338 e. The lowest BCUT2D eigenvalue weighted by Crippen LogP contribution is -2.67. The fraction of sp³-hybridized carbons (Fsp3) is 0.462. The van der Waals surface area contributed by atoms with Crippen molar-refractivity contribution in [2.45, 2.75) is 87.5 Å². The number of carbonyl (C=O) groups is 2. The number of carbonyl (C=O) groups excluding carboxylic acids is 2. The zero-order valence-electron chi connectivity index (χ0n) is 26.6. The number of rotatable bonds is 8. The summed E-state index contributed by atoms with van der Waals surface area (Å²) in [7, 11) is 0. The van der Waals surface area contributed by atoms with Gasteiger partial charge < -0.3 is 28.4 Å². The van der Waals surface area contributed by atoms with Gasteiger partial charge in [0.25, 0.3) is 0 Å². The van der Waals surface area contributed by atoms with Gasteiger partial charge in [-0.1, -0.05) is 54.6 Å². The van der Waals surface area contributed by atoms with E-state index in [1.54, 1.807) is 54.6 Å². The van der Waals surface area contributed by atoms with E-state index in [0.717, 1.165) is 24.8 Å². The van der Waals surface area contributed by atoms with Crippen LogP contribution >= 0.6 is 0 Å². The molecule has 0 aromatic heterocycles. The second kappa shape index (κ2) is 13.1. The largest absolute Gasteiger partial charge is 0.452 e. The van der Waals surface area contributed by atoms with Gasteiger partial charge in [-0.15, -0.1) is 0 Å². The van der Waals surface area contributed by atoms with E-state index in [2.05, 4.69) is 6.07 Å². The van der Waals surface area contributed by atoms with Crippen LogP contribution in [0, 0.1) is 29.1 Å². The third kappa shape index (κ3) is 6.26. The standard InChI is InChI=1S/C39H39NO8/c40-22-30-14-8-7-13-29(30)18-32-43-23-31-33(45-32)34(46-36(41)27-9-3-1-4-10-27)35(47-37(42)28-11-5-2-6-12-28)38(44-31)48-39-19-24-15-25(20-39)17-26(16-24)21-39/h1-14,24-26,31-35,38H,15-21,23H2/t24?,25?,26?,31-,32+,33+,34+,35-,38+,39?/m1/s1. The van der Waals surface area contributed by atoms with Crippen LogP contribution in [0.4, 0.5) is 0 Å². The summed E-state index contributed by atoms with van der Waals surface area (Å²) in [6.45, 7) is 0.142. The van der Waals surface area contributed by atoms with E-state index in [-0.39, 0.29) is 6.61 Å². The van der Waals surface area contributed by atoms with E-state index in [1.807, 2.05) is 30.3 Å². The monoisotopic (exact) mass is 649 g/mol. The van der Waals surface area contributed by atoms with Gasteiger partial charge in [-0.05, 0) is 92.2 Å². The Morgan fingerprint density at radius 2 is 1.31 bits per heavy atom. The Kier molecular flexibility index (Phi) is 8.51. The van der Waals surface area contributed by atoms with Crippen molar-refractivity contribution in [1.29, 1.82) is 5.26 Å². The highest BCUT2D eigenvalue weighted by Gasteiger charge is 2.58. The minimum Gasteiger partial charge on any atom is -0.452 e. The quantitative estimate of drug-likeness (QED) is 0.271. The molecule has 6 aliphatic rings. The molecule has 4 bridgehead atoms. The molecule has 2 aliphatic heterocycles. The topological polar surface area (TPSA) is 113 Å². The number of nitrogens with zero attached hydrogens (tertiary/aromatic N) is 1. The third-order valence-electron chi connectivity index (χ3n) is 10.7. The van der Waals surface area contributed by atoms with Crippen molar-refractivity contribution in [2.75, 3.05) is 6.61 Å². The van der Waals surface area contributed by atoms with E-state index in [4.69, 9.17) is 28.4 Å². The van der Waals surface area contributed by atoms with E-state index >= 15 is 0 Å². The van der Waals surface area contributed by atoms with E-state index in [1.165, 1.54) is 19.3 Å². The molecule has 9 nitrogen and oxygen atoms in total. The van der Waals surface area contributed by atoms with Crippen LogP contribution in [0.5, 0.6) is 0 Å². The van der Waals surface area contributed by atoms with Gasteiger partial charge in [0, 0.05) is 6.42 Å². The summed E-state index contributed by atoms with van der Waals surface area (Å²) in [4.78, 5) is 27.4. The first kappa shape index (κ1) is 31.2. The lowest BCUT2D eigenvalue weighted by Gasteiger charge is -2.58. The fourth-order valence-corrected chi connectivity index (χ4v) is 9.00. The van der Waals surface area contributed by atoms with Gasteiger partial charge in [-0.25, -0.2) is 9.59 Å². The molecule has 4 aliphatic carbocycles. The average molecular weight is 650 g/mol. The van der Waals surface area contributed by atoms with Crippen molar-refractivity contribution in [3.05, 3.63) is 107 Å². The Hall–Kier alpha value is -4.07. The molecule has 0 N–H and O–H groups in total. The number of nitriles is 1.